The highest BCUT2D eigenvalue weighted by molar-refractivity contribution is 7.80. The van der Waals surface area contributed by atoms with Crippen molar-refractivity contribution in [3.8, 4) is 0 Å². The third-order valence-corrected chi connectivity index (χ3v) is 3.85. The van der Waals surface area contributed by atoms with Crippen LogP contribution in [-0.2, 0) is 0 Å². The van der Waals surface area contributed by atoms with Gasteiger partial charge in [0.25, 0.3) is 0 Å². The van der Waals surface area contributed by atoms with Gasteiger partial charge in [0.1, 0.15) is 10.8 Å². The highest BCUT2D eigenvalue weighted by atomic mass is 32.1. The highest BCUT2D eigenvalue weighted by Gasteiger charge is 2.09. The van der Waals surface area contributed by atoms with Gasteiger partial charge >= 0.3 is 0 Å². The largest absolute Gasteiger partial charge is 0.389 e. The molecule has 112 valence electrons. The Morgan fingerprint density at radius 1 is 1.38 bits per heavy atom. The van der Waals surface area contributed by atoms with Gasteiger partial charge in [-0.05, 0) is 33.0 Å². The lowest BCUT2D eigenvalue weighted by molar-refractivity contribution is 0.284. The molecule has 1 aromatic heterocycles. The van der Waals surface area contributed by atoms with Gasteiger partial charge in [0.05, 0.1) is 11.1 Å². The Kier molecular flexibility index (Phi) is 5.09. The molecule has 5 heteroatoms. The Hall–Kier alpha value is -1.72. The van der Waals surface area contributed by atoms with Gasteiger partial charge in [-0.15, -0.1) is 0 Å². The van der Waals surface area contributed by atoms with Gasteiger partial charge in [-0.25, -0.2) is 4.98 Å². The SMILES string of the molecule is CC(C)N(C)CCNc1nc2ccccc2cc1C(N)=S. The van der Waals surface area contributed by atoms with Crippen LogP contribution in [0.25, 0.3) is 10.9 Å². The van der Waals surface area contributed by atoms with E-state index in [9.17, 15) is 0 Å². The number of fused-ring (bicyclic) bond motifs is 1. The first-order valence-corrected chi connectivity index (χ1v) is 7.53. The van der Waals surface area contributed by atoms with Gasteiger partial charge in [-0.3, -0.25) is 0 Å². The van der Waals surface area contributed by atoms with Crippen LogP contribution < -0.4 is 11.1 Å². The molecule has 0 unspecified atom stereocenters. The predicted molar refractivity (Wildman–Crippen MR) is 93.9 cm³/mol. The Morgan fingerprint density at radius 3 is 2.76 bits per heavy atom. The maximum absolute atomic E-state index is 5.83. The van der Waals surface area contributed by atoms with E-state index in [1.807, 2.05) is 30.3 Å². The number of nitrogens with zero attached hydrogens (tertiary/aromatic N) is 2. The molecule has 1 aromatic carbocycles. The fourth-order valence-corrected chi connectivity index (χ4v) is 2.20. The summed E-state index contributed by atoms with van der Waals surface area (Å²) in [6.07, 6.45) is 0. The zero-order chi connectivity index (χ0) is 15.4. The lowest BCUT2D eigenvalue weighted by Crippen LogP contribution is -2.31. The molecule has 0 aliphatic carbocycles. The highest BCUT2D eigenvalue weighted by Crippen LogP contribution is 2.20. The van der Waals surface area contributed by atoms with E-state index in [4.69, 9.17) is 18.0 Å². The number of likely N-dealkylation sites (N-methyl/N-ethyl adjacent to an activating group) is 1. The number of aromatic nitrogens is 1. The minimum Gasteiger partial charge on any atom is -0.389 e. The number of hydrogen-bond donors (Lipinski definition) is 2. The van der Waals surface area contributed by atoms with Crippen LogP contribution in [0.2, 0.25) is 0 Å². The van der Waals surface area contributed by atoms with Crippen LogP contribution in [0.15, 0.2) is 30.3 Å². The molecule has 0 atom stereocenters. The minimum atomic E-state index is 0.368. The molecule has 0 fully saturated rings. The first-order valence-electron chi connectivity index (χ1n) is 7.12. The molecule has 0 amide bonds. The van der Waals surface area contributed by atoms with E-state index in [0.29, 0.717) is 11.0 Å². The number of thiocarbonyl (C=S) groups is 1. The van der Waals surface area contributed by atoms with Crippen LogP contribution in [0.4, 0.5) is 5.82 Å². The number of benzene rings is 1. The molecular formula is C16H22N4S. The summed E-state index contributed by atoms with van der Waals surface area (Å²) in [5.74, 6) is 0.762. The van der Waals surface area contributed by atoms with Gasteiger partial charge in [0.15, 0.2) is 0 Å². The van der Waals surface area contributed by atoms with E-state index in [1.165, 1.54) is 0 Å². The van der Waals surface area contributed by atoms with Crippen molar-refractivity contribution in [1.82, 2.24) is 9.88 Å². The summed E-state index contributed by atoms with van der Waals surface area (Å²) >= 11 is 5.14. The number of nitrogens with one attached hydrogen (secondary N) is 1. The number of hydrogen-bond acceptors (Lipinski definition) is 4. The second-order valence-electron chi connectivity index (χ2n) is 5.44. The molecule has 0 saturated heterocycles. The molecule has 4 nitrogen and oxygen atoms in total. The smallest absolute Gasteiger partial charge is 0.137 e. The zero-order valence-corrected chi connectivity index (χ0v) is 13.6. The maximum atomic E-state index is 5.83. The van der Waals surface area contributed by atoms with Crippen molar-refractivity contribution in [1.29, 1.82) is 0 Å². The van der Waals surface area contributed by atoms with Gasteiger partial charge < -0.3 is 16.0 Å². The summed E-state index contributed by atoms with van der Waals surface area (Å²) in [4.78, 5) is 7.28. The molecule has 2 rings (SSSR count). The maximum Gasteiger partial charge on any atom is 0.137 e. The molecule has 0 aliphatic heterocycles. The molecule has 1 heterocycles. The van der Waals surface area contributed by atoms with Crippen LogP contribution in [0.1, 0.15) is 19.4 Å². The molecule has 21 heavy (non-hydrogen) atoms. The number of pyridine rings is 1. The van der Waals surface area contributed by atoms with Gasteiger partial charge in [0, 0.05) is 24.5 Å². The normalized spacial score (nSPS) is 11.3. The first kappa shape index (κ1) is 15.7. The van der Waals surface area contributed by atoms with Crippen LogP contribution >= 0.6 is 12.2 Å². The average Bonchev–Trinajstić information content (AvgIpc) is 2.46. The molecule has 3 N–H and O–H groups in total. The summed E-state index contributed by atoms with van der Waals surface area (Å²) in [7, 11) is 2.11. The second-order valence-corrected chi connectivity index (χ2v) is 5.88. The van der Waals surface area contributed by atoms with Crippen molar-refractivity contribution in [3.63, 3.8) is 0 Å². The standard InChI is InChI=1S/C16H22N4S/c1-11(2)20(3)9-8-18-16-13(15(17)21)10-12-6-4-5-7-14(12)19-16/h4-7,10-11H,8-9H2,1-3H3,(H2,17,21)(H,18,19). The number of nitrogens with two attached hydrogens (primary N) is 1. The first-order chi connectivity index (χ1) is 9.99. The molecule has 0 spiro atoms. The van der Waals surface area contributed by atoms with Crippen molar-refractivity contribution in [3.05, 3.63) is 35.9 Å². The number of anilines is 1. The Bertz CT molecular complexity index is 639. The van der Waals surface area contributed by atoms with Gasteiger partial charge in [0.2, 0.25) is 0 Å². The Morgan fingerprint density at radius 2 is 2.10 bits per heavy atom. The van der Waals surface area contributed by atoms with Crippen molar-refractivity contribution >= 4 is 33.9 Å². The number of rotatable bonds is 6. The summed E-state index contributed by atoms with van der Waals surface area (Å²) in [6.45, 7) is 6.09. The lowest BCUT2D eigenvalue weighted by atomic mass is 10.1. The van der Waals surface area contributed by atoms with E-state index in [-0.39, 0.29) is 0 Å². The topological polar surface area (TPSA) is 54.2 Å². The van der Waals surface area contributed by atoms with Crippen molar-refractivity contribution in [2.45, 2.75) is 19.9 Å². The zero-order valence-electron chi connectivity index (χ0n) is 12.8. The van der Waals surface area contributed by atoms with Crippen LogP contribution in [0.3, 0.4) is 0 Å². The third kappa shape index (κ3) is 3.89. The fourth-order valence-electron chi connectivity index (χ4n) is 2.05. The molecular weight excluding hydrogens is 280 g/mol. The van der Waals surface area contributed by atoms with Gasteiger partial charge in [-0.2, -0.15) is 0 Å². The monoisotopic (exact) mass is 302 g/mol. The van der Waals surface area contributed by atoms with E-state index in [0.717, 1.165) is 35.4 Å². The Balaban J connectivity index is 2.21. The predicted octanol–water partition coefficient (Wildman–Crippen LogP) is 2.62. The van der Waals surface area contributed by atoms with Crippen molar-refractivity contribution in [2.75, 3.05) is 25.5 Å². The van der Waals surface area contributed by atoms with E-state index in [1.54, 1.807) is 0 Å². The quantitative estimate of drug-likeness (QED) is 0.803. The van der Waals surface area contributed by atoms with Crippen molar-refractivity contribution < 1.29 is 0 Å². The molecule has 0 aliphatic rings. The van der Waals surface area contributed by atoms with Gasteiger partial charge in [-0.1, -0.05) is 30.4 Å². The van der Waals surface area contributed by atoms with E-state index in [2.05, 4.69) is 36.1 Å². The lowest BCUT2D eigenvalue weighted by Gasteiger charge is -2.21. The summed E-state index contributed by atoms with van der Waals surface area (Å²) in [6, 6.07) is 10.5. The Labute approximate surface area is 131 Å². The summed E-state index contributed by atoms with van der Waals surface area (Å²) in [5.41, 5.74) is 7.57. The van der Waals surface area contributed by atoms with Crippen molar-refractivity contribution in [2.24, 2.45) is 5.73 Å². The molecule has 0 bridgehead atoms. The third-order valence-electron chi connectivity index (χ3n) is 3.63. The summed E-state index contributed by atoms with van der Waals surface area (Å²) < 4.78 is 0. The van der Waals surface area contributed by atoms with Crippen LogP contribution in [0, 0.1) is 0 Å². The van der Waals surface area contributed by atoms with Crippen LogP contribution in [0.5, 0.6) is 0 Å². The average molecular weight is 302 g/mol. The molecule has 0 saturated carbocycles. The fraction of sp³-hybridized carbons (Fsp3) is 0.375. The van der Waals surface area contributed by atoms with E-state index >= 15 is 0 Å². The minimum absolute atomic E-state index is 0.368. The number of para-hydroxylation sites is 1. The molecule has 0 radical (unpaired) electrons. The second kappa shape index (κ2) is 6.83. The van der Waals surface area contributed by atoms with E-state index < -0.39 is 0 Å². The summed E-state index contributed by atoms with van der Waals surface area (Å²) in [5, 5.41) is 4.40. The molecule has 2 aromatic rings. The van der Waals surface area contributed by atoms with Crippen LogP contribution in [-0.4, -0.2) is 41.1 Å².